The summed E-state index contributed by atoms with van der Waals surface area (Å²) in [5.41, 5.74) is 6.24. The topological polar surface area (TPSA) is 64.4 Å². The number of halogens is 1. The van der Waals surface area contributed by atoms with Crippen LogP contribution in [0.2, 0.25) is 5.02 Å². The Bertz CT molecular complexity index is 435. The summed E-state index contributed by atoms with van der Waals surface area (Å²) in [5.74, 6) is 0.322. The largest absolute Gasteiger partial charge is 0.492 e. The van der Waals surface area contributed by atoms with E-state index in [9.17, 15) is 4.79 Å². The molecule has 1 unspecified atom stereocenters. The van der Waals surface area contributed by atoms with Crippen molar-refractivity contribution < 1.29 is 9.53 Å². The van der Waals surface area contributed by atoms with Gasteiger partial charge in [-0.2, -0.15) is 0 Å². The first-order valence-corrected chi connectivity index (χ1v) is 6.06. The maximum atomic E-state index is 11.7. The molecule has 1 atom stereocenters. The predicted octanol–water partition coefficient (Wildman–Crippen LogP) is 2.58. The van der Waals surface area contributed by atoms with Gasteiger partial charge in [0.15, 0.2) is 0 Å². The Labute approximate surface area is 112 Å². The zero-order valence-electron chi connectivity index (χ0n) is 10.3. The molecule has 0 aromatic heterocycles. The van der Waals surface area contributed by atoms with Gasteiger partial charge in [-0.25, -0.2) is 0 Å². The van der Waals surface area contributed by atoms with Gasteiger partial charge in [0, 0.05) is 5.69 Å². The monoisotopic (exact) mass is 268 g/mol. The first kappa shape index (κ1) is 14.5. The SMILES string of the molecule is C=CCC(N)C(=O)Nc1ccc(OCC)c(Cl)c1. The minimum atomic E-state index is -0.604. The number of anilines is 1. The van der Waals surface area contributed by atoms with Crippen LogP contribution in [0.3, 0.4) is 0 Å². The molecule has 0 aliphatic rings. The van der Waals surface area contributed by atoms with Crippen LogP contribution in [0.5, 0.6) is 5.75 Å². The van der Waals surface area contributed by atoms with Crippen LogP contribution in [0.15, 0.2) is 30.9 Å². The second-order valence-corrected chi connectivity index (χ2v) is 4.11. The van der Waals surface area contributed by atoms with Crippen LogP contribution in [0.4, 0.5) is 5.69 Å². The fraction of sp³-hybridized carbons (Fsp3) is 0.308. The third-order valence-electron chi connectivity index (χ3n) is 2.26. The van der Waals surface area contributed by atoms with Gasteiger partial charge in [-0.15, -0.1) is 6.58 Å². The van der Waals surface area contributed by atoms with Crippen LogP contribution >= 0.6 is 11.6 Å². The zero-order valence-corrected chi connectivity index (χ0v) is 11.0. The average Bonchev–Trinajstić information content (AvgIpc) is 2.33. The van der Waals surface area contributed by atoms with E-state index in [2.05, 4.69) is 11.9 Å². The maximum absolute atomic E-state index is 11.7. The van der Waals surface area contributed by atoms with Crippen LogP contribution in [0.25, 0.3) is 0 Å². The Kier molecular flexibility index (Phi) is 5.68. The van der Waals surface area contributed by atoms with Gasteiger partial charge < -0.3 is 15.8 Å². The highest BCUT2D eigenvalue weighted by Crippen LogP contribution is 2.27. The summed E-state index contributed by atoms with van der Waals surface area (Å²) >= 11 is 6.01. The second kappa shape index (κ2) is 7.03. The highest BCUT2D eigenvalue weighted by Gasteiger charge is 2.12. The molecule has 1 rings (SSSR count). The molecular formula is C13H17ClN2O2. The van der Waals surface area contributed by atoms with Crippen LogP contribution in [-0.4, -0.2) is 18.6 Å². The number of benzene rings is 1. The third-order valence-corrected chi connectivity index (χ3v) is 2.55. The Balaban J connectivity index is 2.71. The van der Waals surface area contributed by atoms with Gasteiger partial charge in [-0.1, -0.05) is 17.7 Å². The molecule has 1 aromatic rings. The molecule has 0 heterocycles. The normalized spacial score (nSPS) is 11.7. The van der Waals surface area contributed by atoms with Gasteiger partial charge in [0.2, 0.25) is 5.91 Å². The number of nitrogens with one attached hydrogen (secondary N) is 1. The van der Waals surface area contributed by atoms with E-state index in [1.165, 1.54) is 0 Å². The summed E-state index contributed by atoms with van der Waals surface area (Å²) in [6.07, 6.45) is 2.03. The zero-order chi connectivity index (χ0) is 13.5. The fourth-order valence-electron chi connectivity index (χ4n) is 1.37. The lowest BCUT2D eigenvalue weighted by Crippen LogP contribution is -2.35. The average molecular weight is 269 g/mol. The molecule has 0 aliphatic heterocycles. The van der Waals surface area contributed by atoms with E-state index in [1.807, 2.05) is 6.92 Å². The highest BCUT2D eigenvalue weighted by molar-refractivity contribution is 6.32. The number of hydrogen-bond acceptors (Lipinski definition) is 3. The van der Waals surface area contributed by atoms with Gasteiger partial charge in [-0.3, -0.25) is 4.79 Å². The van der Waals surface area contributed by atoms with Gasteiger partial charge in [0.05, 0.1) is 17.7 Å². The predicted molar refractivity (Wildman–Crippen MR) is 74.0 cm³/mol. The standard InChI is InChI=1S/C13H17ClN2O2/c1-3-5-11(15)13(17)16-9-6-7-12(18-4-2)10(14)8-9/h3,6-8,11H,1,4-5,15H2,2H3,(H,16,17). The lowest BCUT2D eigenvalue weighted by atomic mass is 10.2. The molecule has 0 fully saturated rings. The highest BCUT2D eigenvalue weighted by atomic mass is 35.5. The molecule has 0 bridgehead atoms. The third kappa shape index (κ3) is 4.05. The van der Waals surface area contributed by atoms with Crippen molar-refractivity contribution >= 4 is 23.2 Å². The molecule has 0 saturated carbocycles. The molecule has 3 N–H and O–H groups in total. The smallest absolute Gasteiger partial charge is 0.241 e. The van der Waals surface area contributed by atoms with Crippen LogP contribution in [-0.2, 0) is 4.79 Å². The number of hydrogen-bond donors (Lipinski definition) is 2. The molecule has 0 radical (unpaired) electrons. The number of carbonyl (C=O) groups excluding carboxylic acids is 1. The van der Waals surface area contributed by atoms with Crippen molar-refractivity contribution in [3.63, 3.8) is 0 Å². The number of amides is 1. The molecular weight excluding hydrogens is 252 g/mol. The lowest BCUT2D eigenvalue weighted by Gasteiger charge is -2.12. The van der Waals surface area contributed by atoms with E-state index in [0.29, 0.717) is 29.5 Å². The number of carbonyl (C=O) groups is 1. The van der Waals surface area contributed by atoms with Crippen LogP contribution < -0.4 is 15.8 Å². The van der Waals surface area contributed by atoms with Crippen molar-refractivity contribution in [3.05, 3.63) is 35.9 Å². The summed E-state index contributed by atoms with van der Waals surface area (Å²) in [4.78, 5) is 11.7. The molecule has 18 heavy (non-hydrogen) atoms. The number of nitrogens with two attached hydrogens (primary N) is 1. The molecule has 4 nitrogen and oxygen atoms in total. The van der Waals surface area contributed by atoms with Crippen LogP contribution in [0.1, 0.15) is 13.3 Å². The fourth-order valence-corrected chi connectivity index (χ4v) is 1.61. The van der Waals surface area contributed by atoms with Gasteiger partial charge in [-0.05, 0) is 31.5 Å². The Morgan fingerprint density at radius 2 is 2.39 bits per heavy atom. The molecule has 0 saturated heterocycles. The minimum absolute atomic E-state index is 0.268. The van der Waals surface area contributed by atoms with E-state index in [1.54, 1.807) is 24.3 Å². The Morgan fingerprint density at radius 3 is 2.94 bits per heavy atom. The summed E-state index contributed by atoms with van der Waals surface area (Å²) in [6, 6.07) is 4.45. The number of rotatable bonds is 6. The first-order valence-electron chi connectivity index (χ1n) is 5.68. The van der Waals surface area contributed by atoms with Gasteiger partial charge >= 0.3 is 0 Å². The second-order valence-electron chi connectivity index (χ2n) is 3.70. The molecule has 0 spiro atoms. The molecule has 5 heteroatoms. The van der Waals surface area contributed by atoms with E-state index in [0.717, 1.165) is 0 Å². The van der Waals surface area contributed by atoms with Crippen LogP contribution in [0, 0.1) is 0 Å². The van der Waals surface area contributed by atoms with Crippen molar-refractivity contribution in [1.82, 2.24) is 0 Å². The van der Waals surface area contributed by atoms with E-state index < -0.39 is 6.04 Å². The van der Waals surface area contributed by atoms with Gasteiger partial charge in [0.25, 0.3) is 0 Å². The molecule has 1 aromatic carbocycles. The van der Waals surface area contributed by atoms with Crippen molar-refractivity contribution in [3.8, 4) is 5.75 Å². The summed E-state index contributed by atoms with van der Waals surface area (Å²) < 4.78 is 5.30. The van der Waals surface area contributed by atoms with Gasteiger partial charge in [0.1, 0.15) is 5.75 Å². The summed E-state index contributed by atoms with van der Waals surface area (Å²) in [5, 5.41) is 3.14. The Hall–Kier alpha value is -1.52. The molecule has 1 amide bonds. The lowest BCUT2D eigenvalue weighted by molar-refractivity contribution is -0.117. The Morgan fingerprint density at radius 1 is 1.67 bits per heavy atom. The molecule has 0 aliphatic carbocycles. The minimum Gasteiger partial charge on any atom is -0.492 e. The first-order chi connectivity index (χ1) is 8.58. The van der Waals surface area contributed by atoms with E-state index >= 15 is 0 Å². The van der Waals surface area contributed by atoms with E-state index in [4.69, 9.17) is 22.1 Å². The van der Waals surface area contributed by atoms with Crippen molar-refractivity contribution in [2.45, 2.75) is 19.4 Å². The van der Waals surface area contributed by atoms with Crippen molar-refractivity contribution in [1.29, 1.82) is 0 Å². The number of ether oxygens (including phenoxy) is 1. The molecule has 98 valence electrons. The van der Waals surface area contributed by atoms with Crippen molar-refractivity contribution in [2.24, 2.45) is 5.73 Å². The van der Waals surface area contributed by atoms with Crippen molar-refractivity contribution in [2.75, 3.05) is 11.9 Å². The van der Waals surface area contributed by atoms with E-state index in [-0.39, 0.29) is 5.91 Å². The maximum Gasteiger partial charge on any atom is 0.241 e. The summed E-state index contributed by atoms with van der Waals surface area (Å²) in [7, 11) is 0. The summed E-state index contributed by atoms with van der Waals surface area (Å²) in [6.45, 7) is 5.95. The quantitative estimate of drug-likeness (QED) is 0.780.